The van der Waals surface area contributed by atoms with Crippen LogP contribution in [-0.4, -0.2) is 69.3 Å². The number of likely N-dealkylation sites (tertiary alicyclic amines) is 1. The van der Waals surface area contributed by atoms with E-state index in [0.29, 0.717) is 18.1 Å². The van der Waals surface area contributed by atoms with Gasteiger partial charge in [-0.05, 0) is 37.8 Å². The highest BCUT2D eigenvalue weighted by Gasteiger charge is 2.24. The Bertz CT molecular complexity index is 942. The molecule has 9 nitrogen and oxygen atoms in total. The fraction of sp³-hybridized carbons (Fsp3) is 0.476. The minimum absolute atomic E-state index is 0.0324. The molecule has 10 heteroatoms. The van der Waals surface area contributed by atoms with Crippen LogP contribution in [-0.2, 0) is 14.4 Å². The van der Waals surface area contributed by atoms with Crippen molar-refractivity contribution in [3.63, 3.8) is 0 Å². The Morgan fingerprint density at radius 3 is 2.45 bits per heavy atom. The van der Waals surface area contributed by atoms with Crippen molar-refractivity contribution >= 4 is 35.4 Å². The zero-order chi connectivity index (χ0) is 21.6. The van der Waals surface area contributed by atoms with Gasteiger partial charge in [-0.1, -0.05) is 30.0 Å². The number of rotatable bonds is 7. The van der Waals surface area contributed by atoms with Crippen LogP contribution in [0.4, 0.5) is 5.95 Å². The number of carbonyl (C=O) groups excluding carboxylic acids is 3. The quantitative estimate of drug-likeness (QED) is 0.650. The lowest BCUT2D eigenvalue weighted by Crippen LogP contribution is -2.41. The van der Waals surface area contributed by atoms with E-state index in [2.05, 4.69) is 20.4 Å². The highest BCUT2D eigenvalue weighted by atomic mass is 32.2. The fourth-order valence-corrected chi connectivity index (χ4v) is 4.61. The number of nitrogens with one attached hydrogen (secondary N) is 1. The van der Waals surface area contributed by atoms with Crippen LogP contribution in [0.2, 0.25) is 0 Å². The average Bonchev–Trinajstić information content (AvgIpc) is 3.39. The Labute approximate surface area is 185 Å². The molecule has 2 fully saturated rings. The van der Waals surface area contributed by atoms with Gasteiger partial charge in [0.2, 0.25) is 23.7 Å². The summed E-state index contributed by atoms with van der Waals surface area (Å²) in [6.45, 7) is 2.35. The van der Waals surface area contributed by atoms with E-state index in [0.717, 1.165) is 44.0 Å². The molecule has 1 N–H and O–H groups in total. The summed E-state index contributed by atoms with van der Waals surface area (Å²) < 4.78 is 1.97. The zero-order valence-corrected chi connectivity index (χ0v) is 18.1. The van der Waals surface area contributed by atoms with Crippen LogP contribution in [0.25, 0.3) is 5.69 Å². The van der Waals surface area contributed by atoms with Crippen LogP contribution < -0.4 is 10.2 Å². The van der Waals surface area contributed by atoms with Gasteiger partial charge in [0, 0.05) is 26.1 Å². The van der Waals surface area contributed by atoms with Gasteiger partial charge in [-0.3, -0.25) is 24.3 Å². The lowest BCUT2D eigenvalue weighted by atomic mass is 10.1. The van der Waals surface area contributed by atoms with Crippen molar-refractivity contribution in [3.05, 3.63) is 30.3 Å². The van der Waals surface area contributed by atoms with Gasteiger partial charge in [-0.2, -0.15) is 0 Å². The van der Waals surface area contributed by atoms with Gasteiger partial charge >= 0.3 is 0 Å². The number of benzene rings is 1. The molecule has 0 unspecified atom stereocenters. The molecule has 1 aromatic heterocycles. The van der Waals surface area contributed by atoms with E-state index in [1.165, 1.54) is 23.1 Å². The Morgan fingerprint density at radius 1 is 0.968 bits per heavy atom. The van der Waals surface area contributed by atoms with E-state index in [1.807, 2.05) is 34.9 Å². The van der Waals surface area contributed by atoms with Gasteiger partial charge < -0.3 is 9.80 Å². The standard InChI is InChI=1S/C21H26N6O3S/c28-17(14-26-13-7-10-19(26)30)22-18(29)15-31-21-24-23-20(25-11-5-2-6-12-25)27(21)16-8-3-1-4-9-16/h1,3-4,8-9H,2,5-7,10-15H2,(H,22,28,29). The first-order valence-electron chi connectivity index (χ1n) is 10.6. The van der Waals surface area contributed by atoms with Crippen LogP contribution in [0.1, 0.15) is 32.1 Å². The second-order valence-electron chi connectivity index (χ2n) is 7.68. The molecule has 31 heavy (non-hydrogen) atoms. The second-order valence-corrected chi connectivity index (χ2v) is 8.62. The van der Waals surface area contributed by atoms with Crippen LogP contribution in [0.15, 0.2) is 35.5 Å². The smallest absolute Gasteiger partial charge is 0.246 e. The average molecular weight is 443 g/mol. The van der Waals surface area contributed by atoms with Crippen LogP contribution in [0.5, 0.6) is 0 Å². The predicted octanol–water partition coefficient (Wildman–Crippen LogP) is 1.61. The van der Waals surface area contributed by atoms with Crippen molar-refractivity contribution in [2.75, 3.05) is 36.8 Å². The van der Waals surface area contributed by atoms with Crippen LogP contribution in [0, 0.1) is 0 Å². The van der Waals surface area contributed by atoms with Crippen LogP contribution in [0.3, 0.4) is 0 Å². The lowest BCUT2D eigenvalue weighted by Gasteiger charge is -2.27. The molecule has 2 aromatic rings. The van der Waals surface area contributed by atoms with E-state index < -0.39 is 11.8 Å². The fourth-order valence-electron chi connectivity index (χ4n) is 3.86. The molecule has 0 atom stereocenters. The van der Waals surface area contributed by atoms with Gasteiger partial charge in [0.15, 0.2) is 5.16 Å². The summed E-state index contributed by atoms with van der Waals surface area (Å²) in [5.74, 6) is -0.108. The molecule has 3 heterocycles. The molecule has 1 aromatic carbocycles. The number of aromatic nitrogens is 3. The Hall–Kier alpha value is -2.88. The first-order valence-corrected chi connectivity index (χ1v) is 11.6. The van der Waals surface area contributed by atoms with Crippen molar-refractivity contribution in [3.8, 4) is 5.69 Å². The summed E-state index contributed by atoms with van der Waals surface area (Å²) >= 11 is 1.24. The zero-order valence-electron chi connectivity index (χ0n) is 17.3. The molecule has 0 aliphatic carbocycles. The molecule has 2 aliphatic rings. The monoisotopic (exact) mass is 442 g/mol. The van der Waals surface area contributed by atoms with Gasteiger partial charge in [-0.25, -0.2) is 0 Å². The molecule has 0 saturated carbocycles. The third-order valence-electron chi connectivity index (χ3n) is 5.39. The molecule has 2 aliphatic heterocycles. The molecule has 3 amide bonds. The van der Waals surface area contributed by atoms with E-state index in [4.69, 9.17) is 0 Å². The maximum Gasteiger partial charge on any atom is 0.246 e. The van der Waals surface area contributed by atoms with E-state index in [9.17, 15) is 14.4 Å². The van der Waals surface area contributed by atoms with E-state index >= 15 is 0 Å². The van der Waals surface area contributed by atoms with Crippen molar-refractivity contribution in [1.29, 1.82) is 0 Å². The van der Waals surface area contributed by atoms with E-state index in [-0.39, 0.29) is 18.2 Å². The van der Waals surface area contributed by atoms with Crippen molar-refractivity contribution in [2.45, 2.75) is 37.3 Å². The topological polar surface area (TPSA) is 100 Å². The number of piperidine rings is 1. The van der Waals surface area contributed by atoms with E-state index in [1.54, 1.807) is 0 Å². The summed E-state index contributed by atoms with van der Waals surface area (Å²) in [7, 11) is 0. The molecule has 4 rings (SSSR count). The number of amides is 3. The summed E-state index contributed by atoms with van der Waals surface area (Å²) in [4.78, 5) is 39.8. The number of anilines is 1. The molecule has 0 bridgehead atoms. The predicted molar refractivity (Wildman–Crippen MR) is 117 cm³/mol. The number of thioether (sulfide) groups is 1. The number of carbonyl (C=O) groups is 3. The lowest BCUT2D eigenvalue weighted by molar-refractivity contribution is -0.135. The van der Waals surface area contributed by atoms with Crippen molar-refractivity contribution < 1.29 is 14.4 Å². The van der Waals surface area contributed by atoms with Crippen molar-refractivity contribution in [1.82, 2.24) is 25.0 Å². The summed E-state index contributed by atoms with van der Waals surface area (Å²) in [5.41, 5.74) is 0.930. The number of nitrogens with zero attached hydrogens (tertiary/aromatic N) is 5. The summed E-state index contributed by atoms with van der Waals surface area (Å²) in [5, 5.41) is 11.7. The van der Waals surface area contributed by atoms with Gasteiger partial charge in [-0.15, -0.1) is 10.2 Å². The molecule has 0 radical (unpaired) electrons. The Kier molecular flexibility index (Phi) is 6.86. The minimum atomic E-state index is -0.459. The minimum Gasteiger partial charge on any atom is -0.341 e. The molecular formula is C21H26N6O3S. The number of hydrogen-bond acceptors (Lipinski definition) is 7. The van der Waals surface area contributed by atoms with Gasteiger partial charge in [0.05, 0.1) is 18.0 Å². The maximum atomic E-state index is 12.3. The Morgan fingerprint density at radius 2 is 1.74 bits per heavy atom. The largest absolute Gasteiger partial charge is 0.341 e. The first kappa shape index (κ1) is 21.4. The normalized spacial score (nSPS) is 16.6. The highest BCUT2D eigenvalue weighted by Crippen LogP contribution is 2.28. The maximum absolute atomic E-state index is 12.3. The molecular weight excluding hydrogens is 416 g/mol. The second kappa shape index (κ2) is 9.95. The summed E-state index contributed by atoms with van der Waals surface area (Å²) in [6, 6.07) is 9.82. The molecule has 0 spiro atoms. The Balaban J connectivity index is 1.42. The third kappa shape index (κ3) is 5.25. The third-order valence-corrected chi connectivity index (χ3v) is 6.32. The molecule has 2 saturated heterocycles. The SMILES string of the molecule is O=C(CSc1nnc(N2CCCCC2)n1-c1ccccc1)NC(=O)CN1CCCC1=O. The van der Waals surface area contributed by atoms with Gasteiger partial charge in [0.25, 0.3) is 0 Å². The summed E-state index contributed by atoms with van der Waals surface area (Å²) in [6.07, 6.45) is 4.67. The number of imide groups is 1. The first-order chi connectivity index (χ1) is 15.1. The number of hydrogen-bond donors (Lipinski definition) is 1. The van der Waals surface area contributed by atoms with Crippen molar-refractivity contribution in [2.24, 2.45) is 0 Å². The highest BCUT2D eigenvalue weighted by molar-refractivity contribution is 7.99. The van der Waals surface area contributed by atoms with Gasteiger partial charge in [0.1, 0.15) is 0 Å². The van der Waals surface area contributed by atoms with Crippen LogP contribution >= 0.6 is 11.8 Å². The molecule has 164 valence electrons. The number of para-hydroxylation sites is 1.